The summed E-state index contributed by atoms with van der Waals surface area (Å²) in [5.74, 6) is -2.39. The molecule has 0 saturated heterocycles. The fraction of sp³-hybridized carbons (Fsp3) is 0.200. The van der Waals surface area contributed by atoms with Crippen molar-refractivity contribution in [1.29, 1.82) is 0 Å². The maximum atomic E-state index is 13.7. The van der Waals surface area contributed by atoms with Gasteiger partial charge in [0.15, 0.2) is 9.84 Å². The molecule has 1 aromatic carbocycles. The number of rotatable bonds is 3. The number of sulfone groups is 1. The number of hydrogen-bond donors (Lipinski definition) is 1. The molecule has 0 aliphatic carbocycles. The number of nitrogens with zero attached hydrogens (tertiary/aromatic N) is 2. The van der Waals surface area contributed by atoms with Gasteiger partial charge >= 0.3 is 0 Å². The summed E-state index contributed by atoms with van der Waals surface area (Å²) in [6, 6.07) is 1.65. The van der Waals surface area contributed by atoms with Crippen LogP contribution in [0.1, 0.15) is 5.89 Å². The Balaban J connectivity index is 2.57. The van der Waals surface area contributed by atoms with E-state index < -0.39 is 26.4 Å². The zero-order valence-corrected chi connectivity index (χ0v) is 10.5. The van der Waals surface area contributed by atoms with Crippen molar-refractivity contribution in [2.45, 2.75) is 11.4 Å². The van der Waals surface area contributed by atoms with Gasteiger partial charge in [-0.15, -0.1) is 0 Å². The van der Waals surface area contributed by atoms with Crippen molar-refractivity contribution in [2.75, 3.05) is 6.26 Å². The van der Waals surface area contributed by atoms with Gasteiger partial charge in [-0.25, -0.2) is 17.2 Å². The van der Waals surface area contributed by atoms with Crippen molar-refractivity contribution in [3.05, 3.63) is 29.7 Å². The van der Waals surface area contributed by atoms with E-state index >= 15 is 0 Å². The molecule has 0 bridgehead atoms. The second kappa shape index (κ2) is 4.67. The van der Waals surface area contributed by atoms with Crippen molar-refractivity contribution >= 4 is 9.84 Å². The number of halogens is 2. The van der Waals surface area contributed by atoms with E-state index in [4.69, 9.17) is 10.3 Å². The molecule has 2 rings (SSSR count). The van der Waals surface area contributed by atoms with Gasteiger partial charge in [0.25, 0.3) is 0 Å². The number of nitrogens with two attached hydrogens (primary N) is 1. The van der Waals surface area contributed by atoms with Gasteiger partial charge in [-0.1, -0.05) is 5.16 Å². The first kappa shape index (κ1) is 13.6. The number of hydrogen-bond acceptors (Lipinski definition) is 6. The molecular weight excluding hydrogens is 280 g/mol. The number of benzene rings is 1. The first-order valence-corrected chi connectivity index (χ1v) is 6.94. The molecule has 0 aliphatic rings. The Bertz CT molecular complexity index is 704. The molecule has 1 heterocycles. The van der Waals surface area contributed by atoms with Crippen molar-refractivity contribution in [3.8, 4) is 11.4 Å². The van der Waals surface area contributed by atoms with Crippen LogP contribution in [0.15, 0.2) is 21.6 Å². The highest BCUT2D eigenvalue weighted by Gasteiger charge is 2.22. The predicted molar refractivity (Wildman–Crippen MR) is 60.7 cm³/mol. The third-order valence-electron chi connectivity index (χ3n) is 2.27. The van der Waals surface area contributed by atoms with Crippen LogP contribution in [0.3, 0.4) is 0 Å². The van der Waals surface area contributed by atoms with Crippen LogP contribution in [0.2, 0.25) is 0 Å². The van der Waals surface area contributed by atoms with Crippen LogP contribution in [0.4, 0.5) is 8.78 Å². The standard InChI is InChI=1S/C10H9F2N3O3S/c1-19(16,17)9-6(11)2-5(3-7(9)12)10-14-8(4-13)18-15-10/h2-3H,4,13H2,1H3. The van der Waals surface area contributed by atoms with Gasteiger partial charge in [-0.2, -0.15) is 4.98 Å². The van der Waals surface area contributed by atoms with E-state index in [0.717, 1.165) is 18.4 Å². The lowest BCUT2D eigenvalue weighted by Gasteiger charge is -2.04. The van der Waals surface area contributed by atoms with Crippen LogP contribution in [-0.2, 0) is 16.4 Å². The van der Waals surface area contributed by atoms with Crippen molar-refractivity contribution in [1.82, 2.24) is 10.1 Å². The lowest BCUT2D eigenvalue weighted by Crippen LogP contribution is -2.05. The van der Waals surface area contributed by atoms with E-state index in [1.165, 1.54) is 0 Å². The van der Waals surface area contributed by atoms with Gasteiger partial charge in [0.05, 0.1) is 6.54 Å². The predicted octanol–water partition coefficient (Wildman–Crippen LogP) is 0.877. The molecule has 0 fully saturated rings. The van der Waals surface area contributed by atoms with E-state index in [-0.39, 0.29) is 23.8 Å². The maximum absolute atomic E-state index is 13.7. The first-order chi connectivity index (χ1) is 8.82. The fourth-order valence-corrected chi connectivity index (χ4v) is 2.32. The van der Waals surface area contributed by atoms with Gasteiger partial charge in [-0.05, 0) is 12.1 Å². The van der Waals surface area contributed by atoms with Crippen LogP contribution in [-0.4, -0.2) is 24.8 Å². The van der Waals surface area contributed by atoms with E-state index in [9.17, 15) is 17.2 Å². The quantitative estimate of drug-likeness (QED) is 0.900. The maximum Gasteiger partial charge on any atom is 0.240 e. The molecule has 2 aromatic rings. The molecule has 9 heteroatoms. The molecule has 6 nitrogen and oxygen atoms in total. The molecule has 0 unspecified atom stereocenters. The molecule has 0 saturated carbocycles. The molecule has 0 radical (unpaired) electrons. The largest absolute Gasteiger partial charge is 0.338 e. The summed E-state index contributed by atoms with van der Waals surface area (Å²) >= 11 is 0. The van der Waals surface area contributed by atoms with E-state index in [2.05, 4.69) is 10.1 Å². The normalized spacial score (nSPS) is 11.8. The highest BCUT2D eigenvalue weighted by Crippen LogP contribution is 2.25. The second-order valence-electron chi connectivity index (χ2n) is 3.76. The van der Waals surface area contributed by atoms with Crippen molar-refractivity contribution in [3.63, 3.8) is 0 Å². The summed E-state index contributed by atoms with van der Waals surface area (Å²) in [5.41, 5.74) is 5.22. The molecule has 2 N–H and O–H groups in total. The highest BCUT2D eigenvalue weighted by molar-refractivity contribution is 7.90. The molecule has 19 heavy (non-hydrogen) atoms. The van der Waals surface area contributed by atoms with E-state index in [1.54, 1.807) is 0 Å². The molecule has 102 valence electrons. The van der Waals surface area contributed by atoms with Crippen LogP contribution in [0.5, 0.6) is 0 Å². The van der Waals surface area contributed by atoms with Crippen molar-refractivity contribution in [2.24, 2.45) is 5.73 Å². The summed E-state index contributed by atoms with van der Waals surface area (Å²) < 4.78 is 54.5. The lowest BCUT2D eigenvalue weighted by atomic mass is 10.2. The summed E-state index contributed by atoms with van der Waals surface area (Å²) in [6.45, 7) is -0.0145. The Labute approximate surface area is 107 Å². The zero-order chi connectivity index (χ0) is 14.2. The summed E-state index contributed by atoms with van der Waals surface area (Å²) in [6.07, 6.45) is 0.717. The van der Waals surface area contributed by atoms with Crippen LogP contribution in [0, 0.1) is 11.6 Å². The first-order valence-electron chi connectivity index (χ1n) is 5.05. The number of aromatic nitrogens is 2. The van der Waals surface area contributed by atoms with Crippen LogP contribution >= 0.6 is 0 Å². The molecule has 0 atom stereocenters. The Kier molecular flexibility index (Phi) is 3.33. The zero-order valence-electron chi connectivity index (χ0n) is 9.72. The second-order valence-corrected chi connectivity index (χ2v) is 5.71. The van der Waals surface area contributed by atoms with Crippen LogP contribution < -0.4 is 5.73 Å². The Morgan fingerprint density at radius 2 is 1.89 bits per heavy atom. The summed E-state index contributed by atoms with van der Waals surface area (Å²) in [4.78, 5) is 2.80. The summed E-state index contributed by atoms with van der Waals surface area (Å²) in [5, 5.41) is 3.48. The third kappa shape index (κ3) is 2.61. The Hall–Kier alpha value is -1.87. The molecule has 0 aliphatic heterocycles. The van der Waals surface area contributed by atoms with Gasteiger partial charge < -0.3 is 10.3 Å². The average Bonchev–Trinajstić information content (AvgIpc) is 2.74. The van der Waals surface area contributed by atoms with Gasteiger partial charge in [0.1, 0.15) is 16.5 Å². The highest BCUT2D eigenvalue weighted by atomic mass is 32.2. The monoisotopic (exact) mass is 289 g/mol. The Morgan fingerprint density at radius 1 is 1.32 bits per heavy atom. The molecular formula is C10H9F2N3O3S. The minimum atomic E-state index is -4.00. The van der Waals surface area contributed by atoms with E-state index in [0.29, 0.717) is 0 Å². The SMILES string of the molecule is CS(=O)(=O)c1c(F)cc(-c2noc(CN)n2)cc1F. The summed E-state index contributed by atoms with van der Waals surface area (Å²) in [7, 11) is -4.00. The topological polar surface area (TPSA) is 99.1 Å². The Morgan fingerprint density at radius 3 is 2.32 bits per heavy atom. The van der Waals surface area contributed by atoms with Gasteiger partial charge in [0, 0.05) is 11.8 Å². The molecule has 0 amide bonds. The molecule has 1 aromatic heterocycles. The minimum absolute atomic E-state index is 0.0145. The van der Waals surface area contributed by atoms with Gasteiger partial charge in [0.2, 0.25) is 11.7 Å². The van der Waals surface area contributed by atoms with E-state index in [1.807, 2.05) is 0 Å². The van der Waals surface area contributed by atoms with Crippen molar-refractivity contribution < 1.29 is 21.7 Å². The lowest BCUT2D eigenvalue weighted by molar-refractivity contribution is 0.380. The fourth-order valence-electron chi connectivity index (χ4n) is 1.50. The smallest absolute Gasteiger partial charge is 0.240 e. The third-order valence-corrected chi connectivity index (χ3v) is 3.40. The van der Waals surface area contributed by atoms with Gasteiger partial charge in [-0.3, -0.25) is 0 Å². The molecule has 0 spiro atoms. The average molecular weight is 289 g/mol. The minimum Gasteiger partial charge on any atom is -0.338 e. The van der Waals surface area contributed by atoms with Crippen LogP contribution in [0.25, 0.3) is 11.4 Å².